The molecule has 1 heterocycles. The summed E-state index contributed by atoms with van der Waals surface area (Å²) in [5.74, 6) is 0.901. The summed E-state index contributed by atoms with van der Waals surface area (Å²) in [6, 6.07) is 9.12. The Morgan fingerprint density at radius 1 is 1.07 bits per heavy atom. The van der Waals surface area contributed by atoms with Gasteiger partial charge in [0.15, 0.2) is 5.13 Å². The quantitative estimate of drug-likeness (QED) is 0.458. The zero-order valence-electron chi connectivity index (χ0n) is 15.8. The average Bonchev–Trinajstić information content (AvgIpc) is 3.20. The minimum absolute atomic E-state index is 0.0393. The second-order valence-electron chi connectivity index (χ2n) is 5.70. The van der Waals surface area contributed by atoms with E-state index < -0.39 is 10.8 Å². The number of methoxy groups -OCH3 is 3. The number of thiazole rings is 1. The van der Waals surface area contributed by atoms with Crippen LogP contribution in [-0.4, -0.2) is 37.1 Å². The normalized spacial score (nSPS) is 10.3. The number of hydrogen-bond donors (Lipinski definition) is 1. The van der Waals surface area contributed by atoms with Crippen molar-refractivity contribution in [3.8, 4) is 28.5 Å². The molecule has 10 heteroatoms. The number of hydrogen-bond acceptors (Lipinski definition) is 8. The summed E-state index contributed by atoms with van der Waals surface area (Å²) in [6.45, 7) is 0. The van der Waals surface area contributed by atoms with Crippen LogP contribution in [0.3, 0.4) is 0 Å². The zero-order valence-corrected chi connectivity index (χ0v) is 16.6. The highest BCUT2D eigenvalue weighted by atomic mass is 32.1. The molecule has 1 amide bonds. The van der Waals surface area contributed by atoms with E-state index in [0.717, 1.165) is 6.07 Å². The van der Waals surface area contributed by atoms with Crippen LogP contribution in [0, 0.1) is 10.1 Å². The van der Waals surface area contributed by atoms with Crippen LogP contribution in [0.1, 0.15) is 10.4 Å². The molecule has 0 saturated carbocycles. The summed E-state index contributed by atoms with van der Waals surface area (Å²) in [5, 5.41) is 15.7. The molecule has 3 rings (SSSR count). The molecule has 0 aliphatic heterocycles. The molecule has 0 saturated heterocycles. The molecular weight excluding hydrogens is 398 g/mol. The lowest BCUT2D eigenvalue weighted by molar-refractivity contribution is -0.384. The summed E-state index contributed by atoms with van der Waals surface area (Å²) in [4.78, 5) is 27.5. The van der Waals surface area contributed by atoms with Gasteiger partial charge >= 0.3 is 0 Å². The van der Waals surface area contributed by atoms with Crippen molar-refractivity contribution < 1.29 is 23.9 Å². The number of carbonyl (C=O) groups excluding carboxylic acids is 1. The first-order chi connectivity index (χ1) is 14.0. The highest BCUT2D eigenvalue weighted by Gasteiger charge is 2.19. The summed E-state index contributed by atoms with van der Waals surface area (Å²) < 4.78 is 15.7. The monoisotopic (exact) mass is 415 g/mol. The van der Waals surface area contributed by atoms with Crippen LogP contribution in [0.4, 0.5) is 10.8 Å². The van der Waals surface area contributed by atoms with E-state index in [4.69, 9.17) is 14.2 Å². The minimum Gasteiger partial charge on any atom is -0.497 e. The Labute approximate surface area is 170 Å². The van der Waals surface area contributed by atoms with Crippen molar-refractivity contribution in [1.29, 1.82) is 0 Å². The minimum atomic E-state index is -0.577. The maximum atomic E-state index is 12.6. The molecule has 0 bridgehead atoms. The van der Waals surface area contributed by atoms with Crippen molar-refractivity contribution in [3.05, 3.63) is 57.5 Å². The maximum absolute atomic E-state index is 12.6. The van der Waals surface area contributed by atoms with Crippen LogP contribution in [-0.2, 0) is 0 Å². The number of aromatic nitrogens is 1. The predicted octanol–water partition coefficient (Wildman–Crippen LogP) is 4.00. The second kappa shape index (κ2) is 8.57. The highest BCUT2D eigenvalue weighted by Crippen LogP contribution is 2.35. The number of nitro benzene ring substituents is 1. The lowest BCUT2D eigenvalue weighted by Gasteiger charge is -2.09. The van der Waals surface area contributed by atoms with E-state index in [2.05, 4.69) is 10.3 Å². The summed E-state index contributed by atoms with van der Waals surface area (Å²) in [5.41, 5.74) is 1.12. The van der Waals surface area contributed by atoms with Gasteiger partial charge in [0.1, 0.15) is 17.2 Å². The van der Waals surface area contributed by atoms with Crippen molar-refractivity contribution in [1.82, 2.24) is 4.98 Å². The smallest absolute Gasteiger partial charge is 0.270 e. The molecule has 0 radical (unpaired) electrons. The van der Waals surface area contributed by atoms with Crippen LogP contribution in [0.25, 0.3) is 11.3 Å². The molecule has 2 aromatic carbocycles. The van der Waals surface area contributed by atoms with E-state index in [0.29, 0.717) is 27.9 Å². The Bertz CT molecular complexity index is 1070. The van der Waals surface area contributed by atoms with Gasteiger partial charge in [-0.15, -0.1) is 11.3 Å². The van der Waals surface area contributed by atoms with Crippen molar-refractivity contribution in [3.63, 3.8) is 0 Å². The third-order valence-electron chi connectivity index (χ3n) is 4.05. The van der Waals surface area contributed by atoms with E-state index in [-0.39, 0.29) is 17.0 Å². The molecule has 3 aromatic rings. The van der Waals surface area contributed by atoms with E-state index in [1.54, 1.807) is 37.8 Å². The average molecular weight is 415 g/mol. The second-order valence-corrected chi connectivity index (χ2v) is 6.56. The molecule has 0 atom stereocenters. The SMILES string of the molecule is COc1ccc(OC)c(-c2csc(NC(=O)c3cc([N+](=O)[O-])ccc3OC)n2)c1. The Balaban J connectivity index is 1.89. The van der Waals surface area contributed by atoms with E-state index in [1.807, 2.05) is 0 Å². The van der Waals surface area contributed by atoms with Crippen molar-refractivity contribution in [2.24, 2.45) is 0 Å². The van der Waals surface area contributed by atoms with Crippen molar-refractivity contribution in [2.45, 2.75) is 0 Å². The molecule has 0 unspecified atom stereocenters. The topological polar surface area (TPSA) is 113 Å². The number of ether oxygens (including phenoxy) is 3. The third kappa shape index (κ3) is 4.27. The summed E-state index contributed by atoms with van der Waals surface area (Å²) in [7, 11) is 4.49. The fourth-order valence-electron chi connectivity index (χ4n) is 2.62. The van der Waals surface area contributed by atoms with Crippen molar-refractivity contribution in [2.75, 3.05) is 26.6 Å². The number of nitrogens with one attached hydrogen (secondary N) is 1. The van der Waals surface area contributed by atoms with Gasteiger partial charge in [0, 0.05) is 23.1 Å². The lowest BCUT2D eigenvalue weighted by Crippen LogP contribution is -2.13. The largest absolute Gasteiger partial charge is 0.497 e. The van der Waals surface area contributed by atoms with Gasteiger partial charge in [-0.1, -0.05) is 0 Å². The first-order valence-electron chi connectivity index (χ1n) is 8.28. The van der Waals surface area contributed by atoms with Gasteiger partial charge in [-0.2, -0.15) is 0 Å². The molecule has 1 aromatic heterocycles. The molecule has 150 valence electrons. The standard InChI is InChI=1S/C19H17N3O6S/c1-26-12-5-7-16(27-2)13(9-12)15-10-29-19(20-15)21-18(23)14-8-11(22(24)25)4-6-17(14)28-3/h4-10H,1-3H3,(H,20,21,23). The van der Waals surface area contributed by atoms with Crippen LogP contribution in [0.15, 0.2) is 41.8 Å². The number of benzene rings is 2. The number of nitro groups is 1. The summed E-state index contributed by atoms with van der Waals surface area (Å²) in [6.07, 6.45) is 0. The molecule has 0 spiro atoms. The molecular formula is C19H17N3O6S. The van der Waals surface area contributed by atoms with Gasteiger partial charge in [-0.25, -0.2) is 4.98 Å². The maximum Gasteiger partial charge on any atom is 0.270 e. The van der Waals surface area contributed by atoms with Gasteiger partial charge in [0.2, 0.25) is 0 Å². The van der Waals surface area contributed by atoms with Gasteiger partial charge in [-0.05, 0) is 24.3 Å². The molecule has 29 heavy (non-hydrogen) atoms. The summed E-state index contributed by atoms with van der Waals surface area (Å²) >= 11 is 1.21. The zero-order chi connectivity index (χ0) is 21.0. The third-order valence-corrected chi connectivity index (χ3v) is 4.80. The number of amides is 1. The van der Waals surface area contributed by atoms with Crippen LogP contribution in [0.5, 0.6) is 17.2 Å². The predicted molar refractivity (Wildman–Crippen MR) is 108 cm³/mol. The molecule has 1 N–H and O–H groups in total. The van der Waals surface area contributed by atoms with Gasteiger partial charge in [0.05, 0.1) is 37.5 Å². The number of carbonyl (C=O) groups is 1. The molecule has 0 aliphatic carbocycles. The Kier molecular flexibility index (Phi) is 5.93. The van der Waals surface area contributed by atoms with Crippen LogP contribution >= 0.6 is 11.3 Å². The van der Waals surface area contributed by atoms with Gasteiger partial charge < -0.3 is 14.2 Å². The lowest BCUT2D eigenvalue weighted by atomic mass is 10.1. The van der Waals surface area contributed by atoms with Crippen molar-refractivity contribution >= 4 is 28.1 Å². The Morgan fingerprint density at radius 3 is 2.45 bits per heavy atom. The Hall–Kier alpha value is -3.66. The molecule has 0 fully saturated rings. The molecule has 0 aliphatic rings. The fourth-order valence-corrected chi connectivity index (χ4v) is 3.33. The molecule has 9 nitrogen and oxygen atoms in total. The highest BCUT2D eigenvalue weighted by molar-refractivity contribution is 7.14. The fraction of sp³-hybridized carbons (Fsp3) is 0.158. The Morgan fingerprint density at radius 2 is 1.79 bits per heavy atom. The number of anilines is 1. The first-order valence-corrected chi connectivity index (χ1v) is 9.16. The van der Waals surface area contributed by atoms with E-state index >= 15 is 0 Å². The van der Waals surface area contributed by atoms with Crippen LogP contribution < -0.4 is 19.5 Å². The van der Waals surface area contributed by atoms with Crippen LogP contribution in [0.2, 0.25) is 0 Å². The number of non-ortho nitro benzene ring substituents is 1. The number of rotatable bonds is 7. The van der Waals surface area contributed by atoms with Gasteiger partial charge in [-0.3, -0.25) is 20.2 Å². The number of nitrogens with zero attached hydrogens (tertiary/aromatic N) is 2. The van der Waals surface area contributed by atoms with E-state index in [9.17, 15) is 14.9 Å². The van der Waals surface area contributed by atoms with Gasteiger partial charge in [0.25, 0.3) is 11.6 Å². The first kappa shape index (κ1) is 20.1. The van der Waals surface area contributed by atoms with E-state index in [1.165, 1.54) is 30.6 Å².